The van der Waals surface area contributed by atoms with Crippen molar-refractivity contribution in [1.29, 1.82) is 0 Å². The van der Waals surface area contributed by atoms with E-state index in [9.17, 15) is 0 Å². The Hall–Kier alpha value is -0.160. The Balaban J connectivity index is 1.87. The van der Waals surface area contributed by atoms with Gasteiger partial charge in [-0.2, -0.15) is 0 Å². The van der Waals surface area contributed by atoms with Crippen molar-refractivity contribution < 1.29 is 4.74 Å². The minimum atomic E-state index is 0.358. The fourth-order valence-corrected chi connectivity index (χ4v) is 3.73. The molecule has 0 aromatic heterocycles. The lowest BCUT2D eigenvalue weighted by atomic mass is 9.96. The molecule has 2 aliphatic heterocycles. The maximum Gasteiger partial charge on any atom is 0.0829 e. The van der Waals surface area contributed by atoms with Gasteiger partial charge in [0, 0.05) is 44.8 Å². The molecule has 0 bridgehead atoms. The standard InChI is InChI=1S/C16H33N3O/c1-13(2)10-18-7-8-20-16(11-18)12-19-14(3)5-4-6-15(19)9-17/h13-16H,4-12,17H2,1-3H3. The average molecular weight is 283 g/mol. The van der Waals surface area contributed by atoms with Crippen molar-refractivity contribution in [3.63, 3.8) is 0 Å². The molecule has 0 aromatic carbocycles. The molecule has 20 heavy (non-hydrogen) atoms. The van der Waals surface area contributed by atoms with Crippen molar-refractivity contribution in [2.24, 2.45) is 11.7 Å². The maximum absolute atomic E-state index is 6.01. The highest BCUT2D eigenvalue weighted by Crippen LogP contribution is 2.23. The van der Waals surface area contributed by atoms with Gasteiger partial charge in [-0.1, -0.05) is 20.3 Å². The van der Waals surface area contributed by atoms with E-state index in [-0.39, 0.29) is 0 Å². The number of piperidine rings is 1. The Bertz CT molecular complexity index is 285. The van der Waals surface area contributed by atoms with Crippen LogP contribution in [0.5, 0.6) is 0 Å². The van der Waals surface area contributed by atoms with E-state index in [0.29, 0.717) is 18.2 Å². The fourth-order valence-electron chi connectivity index (χ4n) is 3.73. The molecule has 4 nitrogen and oxygen atoms in total. The van der Waals surface area contributed by atoms with Gasteiger partial charge in [-0.3, -0.25) is 9.80 Å². The number of ether oxygens (including phenoxy) is 1. The monoisotopic (exact) mass is 283 g/mol. The van der Waals surface area contributed by atoms with Crippen LogP contribution in [0.15, 0.2) is 0 Å². The average Bonchev–Trinajstić information content (AvgIpc) is 2.41. The van der Waals surface area contributed by atoms with Gasteiger partial charge in [0.1, 0.15) is 0 Å². The minimum absolute atomic E-state index is 0.358. The van der Waals surface area contributed by atoms with Gasteiger partial charge in [0.2, 0.25) is 0 Å². The van der Waals surface area contributed by atoms with Crippen molar-refractivity contribution in [2.75, 3.05) is 39.3 Å². The van der Waals surface area contributed by atoms with E-state index < -0.39 is 0 Å². The molecule has 2 N–H and O–H groups in total. The predicted molar refractivity (Wildman–Crippen MR) is 83.9 cm³/mol. The Morgan fingerprint density at radius 1 is 1.30 bits per heavy atom. The second-order valence-electron chi connectivity index (χ2n) is 7.01. The fraction of sp³-hybridized carbons (Fsp3) is 1.00. The highest BCUT2D eigenvalue weighted by atomic mass is 16.5. The highest BCUT2D eigenvalue weighted by molar-refractivity contribution is 4.86. The van der Waals surface area contributed by atoms with Crippen LogP contribution in [0.4, 0.5) is 0 Å². The van der Waals surface area contributed by atoms with Crippen LogP contribution in [0.3, 0.4) is 0 Å². The van der Waals surface area contributed by atoms with Crippen LogP contribution >= 0.6 is 0 Å². The van der Waals surface area contributed by atoms with Crippen molar-refractivity contribution in [1.82, 2.24) is 9.80 Å². The summed E-state index contributed by atoms with van der Waals surface area (Å²) in [5, 5.41) is 0. The summed E-state index contributed by atoms with van der Waals surface area (Å²) in [6, 6.07) is 1.21. The lowest BCUT2D eigenvalue weighted by molar-refractivity contribution is -0.0614. The molecule has 2 saturated heterocycles. The summed E-state index contributed by atoms with van der Waals surface area (Å²) in [5.74, 6) is 0.736. The summed E-state index contributed by atoms with van der Waals surface area (Å²) >= 11 is 0. The summed E-state index contributed by atoms with van der Waals surface area (Å²) in [6.45, 7) is 13.0. The van der Waals surface area contributed by atoms with Gasteiger partial charge in [-0.15, -0.1) is 0 Å². The molecule has 3 unspecified atom stereocenters. The van der Waals surface area contributed by atoms with Crippen LogP contribution in [-0.2, 0) is 4.74 Å². The van der Waals surface area contributed by atoms with Crippen molar-refractivity contribution in [3.05, 3.63) is 0 Å². The minimum Gasteiger partial charge on any atom is -0.374 e. The van der Waals surface area contributed by atoms with Crippen molar-refractivity contribution >= 4 is 0 Å². The summed E-state index contributed by atoms with van der Waals surface area (Å²) in [4.78, 5) is 5.16. The molecular weight excluding hydrogens is 250 g/mol. The largest absolute Gasteiger partial charge is 0.374 e. The van der Waals surface area contributed by atoms with Crippen molar-refractivity contribution in [2.45, 2.75) is 58.2 Å². The van der Waals surface area contributed by atoms with E-state index in [1.54, 1.807) is 0 Å². The number of nitrogens with two attached hydrogens (primary N) is 1. The molecule has 2 heterocycles. The molecule has 0 aromatic rings. The Kier molecular flexibility index (Phi) is 6.27. The summed E-state index contributed by atoms with van der Waals surface area (Å²) in [5.41, 5.74) is 5.96. The molecule has 3 atom stereocenters. The quantitative estimate of drug-likeness (QED) is 0.831. The second kappa shape index (κ2) is 7.74. The van der Waals surface area contributed by atoms with Crippen LogP contribution in [0.25, 0.3) is 0 Å². The van der Waals surface area contributed by atoms with Gasteiger partial charge in [-0.25, -0.2) is 0 Å². The van der Waals surface area contributed by atoms with Gasteiger partial charge in [0.15, 0.2) is 0 Å². The Morgan fingerprint density at radius 2 is 2.10 bits per heavy atom. The van der Waals surface area contributed by atoms with E-state index in [1.807, 2.05) is 0 Å². The van der Waals surface area contributed by atoms with Crippen LogP contribution in [-0.4, -0.2) is 67.3 Å². The van der Waals surface area contributed by atoms with Crippen LogP contribution in [0.1, 0.15) is 40.0 Å². The SMILES string of the molecule is CC(C)CN1CCOC(CN2C(C)CCCC2CN)C1. The van der Waals surface area contributed by atoms with E-state index in [4.69, 9.17) is 10.5 Å². The zero-order valence-corrected chi connectivity index (χ0v) is 13.6. The Labute approximate surface area is 124 Å². The second-order valence-corrected chi connectivity index (χ2v) is 7.01. The normalized spacial score (nSPS) is 33.8. The molecule has 0 spiro atoms. The molecule has 4 heteroatoms. The topological polar surface area (TPSA) is 41.7 Å². The predicted octanol–water partition coefficient (Wildman–Crippen LogP) is 1.54. The van der Waals surface area contributed by atoms with E-state index >= 15 is 0 Å². The summed E-state index contributed by atoms with van der Waals surface area (Å²) in [7, 11) is 0. The van der Waals surface area contributed by atoms with Gasteiger partial charge in [0.05, 0.1) is 12.7 Å². The Morgan fingerprint density at radius 3 is 2.80 bits per heavy atom. The third-order valence-corrected chi connectivity index (χ3v) is 4.73. The molecule has 118 valence electrons. The summed E-state index contributed by atoms with van der Waals surface area (Å²) in [6.07, 6.45) is 4.24. The number of rotatable bonds is 5. The molecule has 0 aliphatic carbocycles. The number of nitrogens with zero attached hydrogens (tertiary/aromatic N) is 2. The first kappa shape index (κ1) is 16.2. The first-order chi connectivity index (χ1) is 9.60. The number of hydrogen-bond acceptors (Lipinski definition) is 4. The molecule has 2 fully saturated rings. The van der Waals surface area contributed by atoms with E-state index in [2.05, 4.69) is 30.6 Å². The zero-order chi connectivity index (χ0) is 14.5. The molecular formula is C16H33N3O. The number of morpholine rings is 1. The molecule has 0 saturated carbocycles. The van der Waals surface area contributed by atoms with Gasteiger partial charge in [-0.05, 0) is 25.7 Å². The first-order valence-electron chi connectivity index (χ1n) is 8.40. The van der Waals surface area contributed by atoms with E-state index in [1.165, 1.54) is 25.8 Å². The molecule has 0 amide bonds. The molecule has 2 rings (SSSR count). The smallest absolute Gasteiger partial charge is 0.0829 e. The lowest BCUT2D eigenvalue weighted by Crippen LogP contribution is -2.55. The van der Waals surface area contributed by atoms with Gasteiger partial charge < -0.3 is 10.5 Å². The first-order valence-corrected chi connectivity index (χ1v) is 8.40. The van der Waals surface area contributed by atoms with Crippen molar-refractivity contribution in [3.8, 4) is 0 Å². The van der Waals surface area contributed by atoms with Crippen LogP contribution in [0.2, 0.25) is 0 Å². The van der Waals surface area contributed by atoms with Gasteiger partial charge in [0.25, 0.3) is 0 Å². The summed E-state index contributed by atoms with van der Waals surface area (Å²) < 4.78 is 6.01. The zero-order valence-electron chi connectivity index (χ0n) is 13.6. The van der Waals surface area contributed by atoms with Crippen LogP contribution < -0.4 is 5.73 Å². The van der Waals surface area contributed by atoms with E-state index in [0.717, 1.165) is 38.7 Å². The third-order valence-electron chi connectivity index (χ3n) is 4.73. The molecule has 2 aliphatic rings. The highest BCUT2D eigenvalue weighted by Gasteiger charge is 2.31. The number of hydrogen-bond donors (Lipinski definition) is 1. The maximum atomic E-state index is 6.01. The lowest BCUT2D eigenvalue weighted by Gasteiger charge is -2.44. The molecule has 0 radical (unpaired) electrons. The number of likely N-dealkylation sites (tertiary alicyclic amines) is 1. The third kappa shape index (κ3) is 4.42. The van der Waals surface area contributed by atoms with Crippen LogP contribution in [0, 0.1) is 5.92 Å². The van der Waals surface area contributed by atoms with Gasteiger partial charge >= 0.3 is 0 Å².